The summed E-state index contributed by atoms with van der Waals surface area (Å²) in [6, 6.07) is 12.6. The Balaban J connectivity index is 2.81. The molecule has 0 spiro atoms. The third-order valence-corrected chi connectivity index (χ3v) is 4.99. The van der Waals surface area contributed by atoms with Gasteiger partial charge in [-0.25, -0.2) is 0 Å². The quantitative estimate of drug-likeness (QED) is 0.741. The zero-order valence-electron chi connectivity index (χ0n) is 12.9. The summed E-state index contributed by atoms with van der Waals surface area (Å²) >= 11 is 1.88. The molecule has 0 radical (unpaired) electrons. The molecule has 0 saturated heterocycles. The molecular weight excluding hydrogens is 264 g/mol. The van der Waals surface area contributed by atoms with Crippen LogP contribution in [0.2, 0.25) is 0 Å². The number of nitrogens with zero attached hydrogens (tertiary/aromatic N) is 1. The Morgan fingerprint density at radius 1 is 1.30 bits per heavy atom. The number of hydrogen-bond donors (Lipinski definition) is 1. The number of nitrogens with one attached hydrogen (secondary N) is 1. The van der Waals surface area contributed by atoms with Crippen LogP contribution in [0.4, 0.5) is 0 Å². The Kier molecular flexibility index (Phi) is 7.72. The van der Waals surface area contributed by atoms with Crippen molar-refractivity contribution in [2.75, 3.05) is 18.1 Å². The van der Waals surface area contributed by atoms with E-state index >= 15 is 0 Å². The minimum atomic E-state index is -0.560. The summed E-state index contributed by atoms with van der Waals surface area (Å²) in [6.45, 7) is 7.48. The summed E-state index contributed by atoms with van der Waals surface area (Å²) in [6.07, 6.45) is 2.23. The smallest absolute Gasteiger partial charge is 0.141 e. The first-order valence-electron chi connectivity index (χ1n) is 7.48. The van der Waals surface area contributed by atoms with Gasteiger partial charge in [0.15, 0.2) is 0 Å². The van der Waals surface area contributed by atoms with Gasteiger partial charge in [-0.15, -0.1) is 0 Å². The monoisotopic (exact) mass is 290 g/mol. The van der Waals surface area contributed by atoms with E-state index in [0.717, 1.165) is 30.0 Å². The van der Waals surface area contributed by atoms with Gasteiger partial charge in [-0.3, -0.25) is 5.32 Å². The van der Waals surface area contributed by atoms with Crippen molar-refractivity contribution < 1.29 is 0 Å². The first kappa shape index (κ1) is 17.1. The van der Waals surface area contributed by atoms with E-state index in [1.807, 2.05) is 30.0 Å². The molecule has 20 heavy (non-hydrogen) atoms. The number of hydrogen-bond acceptors (Lipinski definition) is 3. The molecule has 0 aliphatic heterocycles. The molecule has 2 nitrogen and oxygen atoms in total. The van der Waals surface area contributed by atoms with Crippen LogP contribution in [0, 0.1) is 17.2 Å². The molecule has 0 amide bonds. The lowest BCUT2D eigenvalue weighted by molar-refractivity contribution is 0.473. The molecule has 0 bridgehead atoms. The molecule has 3 heteroatoms. The molecule has 0 aliphatic rings. The highest BCUT2D eigenvalue weighted by atomic mass is 32.2. The van der Waals surface area contributed by atoms with Gasteiger partial charge in [0.1, 0.15) is 5.54 Å². The SMILES string of the molecule is CCCNC(C#N)(CSCC(C)CC)c1ccccc1. The van der Waals surface area contributed by atoms with E-state index in [1.54, 1.807) is 0 Å². The van der Waals surface area contributed by atoms with E-state index in [1.165, 1.54) is 6.42 Å². The van der Waals surface area contributed by atoms with Crippen LogP contribution in [0.1, 0.15) is 39.2 Å². The average Bonchev–Trinajstić information content (AvgIpc) is 2.51. The molecule has 0 saturated carbocycles. The molecule has 0 fully saturated rings. The predicted molar refractivity (Wildman–Crippen MR) is 88.8 cm³/mol. The van der Waals surface area contributed by atoms with Gasteiger partial charge < -0.3 is 0 Å². The summed E-state index contributed by atoms with van der Waals surface area (Å²) in [7, 11) is 0. The fourth-order valence-electron chi connectivity index (χ4n) is 1.96. The second-order valence-corrected chi connectivity index (χ2v) is 6.37. The normalized spacial score (nSPS) is 15.3. The van der Waals surface area contributed by atoms with Crippen molar-refractivity contribution in [3.8, 4) is 6.07 Å². The van der Waals surface area contributed by atoms with E-state index < -0.39 is 5.54 Å². The lowest BCUT2D eigenvalue weighted by Gasteiger charge is -2.28. The van der Waals surface area contributed by atoms with Gasteiger partial charge in [0.05, 0.1) is 6.07 Å². The average molecular weight is 290 g/mol. The molecule has 2 unspecified atom stereocenters. The van der Waals surface area contributed by atoms with Crippen LogP contribution in [0.15, 0.2) is 30.3 Å². The fourth-order valence-corrected chi connectivity index (χ4v) is 3.36. The molecule has 0 heterocycles. The zero-order valence-corrected chi connectivity index (χ0v) is 13.7. The van der Waals surface area contributed by atoms with Crippen molar-refractivity contribution >= 4 is 11.8 Å². The molecule has 0 aliphatic carbocycles. The first-order chi connectivity index (χ1) is 9.68. The van der Waals surface area contributed by atoms with Crippen LogP contribution in [-0.2, 0) is 5.54 Å². The van der Waals surface area contributed by atoms with Gasteiger partial charge in [-0.2, -0.15) is 17.0 Å². The summed E-state index contributed by atoms with van der Waals surface area (Å²) in [5.74, 6) is 2.62. The largest absolute Gasteiger partial charge is 0.295 e. The number of thioether (sulfide) groups is 1. The lowest BCUT2D eigenvalue weighted by atomic mass is 9.93. The maximum atomic E-state index is 9.75. The maximum Gasteiger partial charge on any atom is 0.141 e. The molecule has 1 N–H and O–H groups in total. The van der Waals surface area contributed by atoms with E-state index in [9.17, 15) is 5.26 Å². The van der Waals surface area contributed by atoms with Gasteiger partial charge in [-0.05, 0) is 30.2 Å². The van der Waals surface area contributed by atoms with E-state index in [-0.39, 0.29) is 0 Å². The van der Waals surface area contributed by atoms with Crippen molar-refractivity contribution in [1.82, 2.24) is 5.32 Å². The van der Waals surface area contributed by atoms with Crippen molar-refractivity contribution in [2.45, 2.75) is 39.2 Å². The van der Waals surface area contributed by atoms with Crippen LogP contribution in [0.5, 0.6) is 0 Å². The molecular formula is C17H26N2S. The fraction of sp³-hybridized carbons (Fsp3) is 0.588. The molecule has 1 aromatic rings. The highest BCUT2D eigenvalue weighted by Crippen LogP contribution is 2.26. The minimum Gasteiger partial charge on any atom is -0.295 e. The molecule has 110 valence electrons. The highest BCUT2D eigenvalue weighted by Gasteiger charge is 2.31. The van der Waals surface area contributed by atoms with Gasteiger partial charge in [0, 0.05) is 5.75 Å². The van der Waals surface area contributed by atoms with Gasteiger partial charge in [-0.1, -0.05) is 57.5 Å². The van der Waals surface area contributed by atoms with Crippen molar-refractivity contribution in [2.24, 2.45) is 5.92 Å². The third-order valence-electron chi connectivity index (χ3n) is 3.55. The molecule has 0 aromatic heterocycles. The second-order valence-electron chi connectivity index (χ2n) is 5.34. The Labute approximate surface area is 128 Å². The Bertz CT molecular complexity index is 413. The molecule has 2 atom stereocenters. The predicted octanol–water partition coefficient (Wildman–Crippen LogP) is 4.18. The van der Waals surface area contributed by atoms with Crippen molar-refractivity contribution in [1.29, 1.82) is 5.26 Å². The van der Waals surface area contributed by atoms with Crippen LogP contribution in [-0.4, -0.2) is 18.1 Å². The summed E-state index contributed by atoms with van der Waals surface area (Å²) in [5, 5.41) is 13.2. The first-order valence-corrected chi connectivity index (χ1v) is 8.63. The van der Waals surface area contributed by atoms with Gasteiger partial charge >= 0.3 is 0 Å². The minimum absolute atomic E-state index is 0.560. The van der Waals surface area contributed by atoms with Crippen LogP contribution in [0.25, 0.3) is 0 Å². The van der Waals surface area contributed by atoms with E-state index in [0.29, 0.717) is 5.92 Å². The summed E-state index contributed by atoms with van der Waals surface area (Å²) in [5.41, 5.74) is 0.516. The summed E-state index contributed by atoms with van der Waals surface area (Å²) in [4.78, 5) is 0. The zero-order chi connectivity index (χ0) is 14.8. The van der Waals surface area contributed by atoms with Crippen LogP contribution >= 0.6 is 11.8 Å². The lowest BCUT2D eigenvalue weighted by Crippen LogP contribution is -2.44. The molecule has 1 rings (SSSR count). The van der Waals surface area contributed by atoms with Crippen molar-refractivity contribution in [3.05, 3.63) is 35.9 Å². The van der Waals surface area contributed by atoms with Crippen LogP contribution in [0.3, 0.4) is 0 Å². The Hall–Kier alpha value is -0.980. The Morgan fingerprint density at radius 2 is 2.00 bits per heavy atom. The van der Waals surface area contributed by atoms with E-state index in [2.05, 4.69) is 44.3 Å². The van der Waals surface area contributed by atoms with Crippen LogP contribution < -0.4 is 5.32 Å². The Morgan fingerprint density at radius 3 is 2.55 bits per heavy atom. The highest BCUT2D eigenvalue weighted by molar-refractivity contribution is 7.99. The second kappa shape index (κ2) is 9.05. The van der Waals surface area contributed by atoms with Gasteiger partial charge in [0.25, 0.3) is 0 Å². The number of nitriles is 1. The summed E-state index contributed by atoms with van der Waals surface area (Å²) < 4.78 is 0. The topological polar surface area (TPSA) is 35.8 Å². The van der Waals surface area contributed by atoms with Gasteiger partial charge in [0.2, 0.25) is 0 Å². The van der Waals surface area contributed by atoms with E-state index in [4.69, 9.17) is 0 Å². The number of benzene rings is 1. The standard InChI is InChI=1S/C17H26N2S/c1-4-11-19-17(13-18,14-20-12-15(3)5-2)16-9-7-6-8-10-16/h6-10,15,19H,4-5,11-12,14H2,1-3H3. The third kappa shape index (κ3) is 4.85. The maximum absolute atomic E-state index is 9.75. The number of rotatable bonds is 9. The molecule has 1 aromatic carbocycles. The van der Waals surface area contributed by atoms with Crippen molar-refractivity contribution in [3.63, 3.8) is 0 Å².